The topological polar surface area (TPSA) is 40.5 Å². The highest BCUT2D eigenvalue weighted by atomic mass is 127. The van der Waals surface area contributed by atoms with Crippen LogP contribution in [0.1, 0.15) is 85.5 Å². The van der Waals surface area contributed by atoms with Crippen molar-refractivity contribution in [3.05, 3.63) is 11.6 Å². The SMILES string of the molecule is CC(O)C(F)(F)C[C@@H](C)[C@H]1CCC2[C@@H]3CC=C4C[C@](O)(I)CC[C@]4(C)[C@H]3CC[C@@]21C. The molecule has 0 aromatic carbocycles. The summed E-state index contributed by atoms with van der Waals surface area (Å²) in [6.07, 6.45) is 8.97. The van der Waals surface area contributed by atoms with E-state index in [1.807, 2.05) is 6.92 Å². The van der Waals surface area contributed by atoms with Gasteiger partial charge in [0.2, 0.25) is 0 Å². The Balaban J connectivity index is 1.55. The molecule has 4 rings (SSSR count). The summed E-state index contributed by atoms with van der Waals surface area (Å²) in [6, 6.07) is 0. The smallest absolute Gasteiger partial charge is 0.273 e. The van der Waals surface area contributed by atoms with Gasteiger partial charge >= 0.3 is 0 Å². The van der Waals surface area contributed by atoms with Crippen LogP contribution in [0.3, 0.4) is 0 Å². The van der Waals surface area contributed by atoms with E-state index >= 15 is 0 Å². The number of halogens is 3. The number of alkyl halides is 3. The van der Waals surface area contributed by atoms with Crippen LogP contribution in [0.4, 0.5) is 8.78 Å². The minimum atomic E-state index is -3.00. The van der Waals surface area contributed by atoms with Gasteiger partial charge in [0, 0.05) is 12.8 Å². The van der Waals surface area contributed by atoms with Crippen molar-refractivity contribution < 1.29 is 19.0 Å². The Hall–Kier alpha value is 0.250. The van der Waals surface area contributed by atoms with E-state index in [0.717, 1.165) is 44.9 Å². The molecule has 5 heteroatoms. The maximum Gasteiger partial charge on any atom is 0.273 e. The second kappa shape index (κ2) is 7.65. The summed E-state index contributed by atoms with van der Waals surface area (Å²) in [5.74, 6) is -0.839. The first-order valence-corrected chi connectivity index (χ1v) is 13.0. The molecule has 2 N–H and O–H groups in total. The lowest BCUT2D eigenvalue weighted by Crippen LogP contribution is -2.51. The summed E-state index contributed by atoms with van der Waals surface area (Å²) in [5.41, 5.74) is 1.80. The third kappa shape index (κ3) is 3.70. The molecule has 2 unspecified atom stereocenters. The number of allylic oxidation sites excluding steroid dienone is 1. The maximum absolute atomic E-state index is 14.3. The van der Waals surface area contributed by atoms with Crippen LogP contribution in [0.2, 0.25) is 0 Å². The van der Waals surface area contributed by atoms with Gasteiger partial charge in [-0.2, -0.15) is 0 Å². The van der Waals surface area contributed by atoms with E-state index in [9.17, 15) is 19.0 Å². The monoisotopic (exact) mass is 536 g/mol. The van der Waals surface area contributed by atoms with Crippen molar-refractivity contribution >= 4 is 22.6 Å². The summed E-state index contributed by atoms with van der Waals surface area (Å²) >= 11 is 2.22. The lowest BCUT2D eigenvalue weighted by molar-refractivity contribution is -0.124. The number of hydrogen-bond acceptors (Lipinski definition) is 2. The normalized spacial score (nSPS) is 48.2. The highest BCUT2D eigenvalue weighted by molar-refractivity contribution is 14.1. The zero-order valence-electron chi connectivity index (χ0n) is 18.9. The van der Waals surface area contributed by atoms with E-state index in [1.165, 1.54) is 18.9 Å². The van der Waals surface area contributed by atoms with E-state index in [1.54, 1.807) is 0 Å². The fourth-order valence-corrected chi connectivity index (χ4v) is 9.01. The zero-order chi connectivity index (χ0) is 22.1. The standard InChI is InChI=1S/C25H39F2IO2/c1-15(13-25(26,27)16(2)29)19-7-8-20-18-6-5-17-14-24(28,30)12-11-22(17,3)21(18)9-10-23(19,20)4/h5,15-16,18-21,29-30H,6-14H2,1-4H3/t15-,16?,18+,19-,20?,21+,22+,23-,24+/m1/s1. The molecule has 30 heavy (non-hydrogen) atoms. The maximum atomic E-state index is 14.3. The Kier molecular flexibility index (Phi) is 5.97. The van der Waals surface area contributed by atoms with Gasteiger partial charge < -0.3 is 10.2 Å². The molecule has 0 radical (unpaired) electrons. The molecular weight excluding hydrogens is 497 g/mol. The first-order chi connectivity index (χ1) is 13.8. The Bertz CT molecular complexity index is 705. The van der Waals surface area contributed by atoms with Crippen molar-refractivity contribution in [1.29, 1.82) is 0 Å². The highest BCUT2D eigenvalue weighted by Crippen LogP contribution is 2.68. The van der Waals surface area contributed by atoms with Crippen LogP contribution in [0.5, 0.6) is 0 Å². The van der Waals surface area contributed by atoms with Gasteiger partial charge in [-0.05, 0) is 115 Å². The van der Waals surface area contributed by atoms with Crippen molar-refractivity contribution in [1.82, 2.24) is 0 Å². The van der Waals surface area contributed by atoms with E-state index in [-0.39, 0.29) is 23.2 Å². The largest absolute Gasteiger partial charge is 0.387 e. The second-order valence-corrected chi connectivity index (χ2v) is 13.7. The summed E-state index contributed by atoms with van der Waals surface area (Å²) in [6.45, 7) is 8.02. The number of fused-ring (bicyclic) bond motifs is 5. The van der Waals surface area contributed by atoms with Crippen molar-refractivity contribution in [2.45, 2.75) is 101 Å². The average Bonchev–Trinajstić information content (AvgIpc) is 2.99. The van der Waals surface area contributed by atoms with E-state index in [2.05, 4.69) is 42.5 Å². The number of hydrogen-bond donors (Lipinski definition) is 2. The van der Waals surface area contributed by atoms with Crippen molar-refractivity contribution in [2.75, 3.05) is 0 Å². The molecule has 0 amide bonds. The Labute approximate surface area is 194 Å². The van der Waals surface area contributed by atoms with Gasteiger partial charge in [-0.3, -0.25) is 0 Å². The molecule has 4 aliphatic carbocycles. The molecule has 4 aliphatic rings. The average molecular weight is 536 g/mol. The van der Waals surface area contributed by atoms with Crippen LogP contribution in [0, 0.1) is 40.4 Å². The Morgan fingerprint density at radius 2 is 1.83 bits per heavy atom. The predicted octanol–water partition coefficient (Wildman–Crippen LogP) is 6.73. The number of rotatable bonds is 4. The molecule has 0 aromatic heterocycles. The molecule has 3 saturated carbocycles. The van der Waals surface area contributed by atoms with Gasteiger partial charge in [-0.15, -0.1) is 0 Å². The molecule has 2 nitrogen and oxygen atoms in total. The molecule has 0 bridgehead atoms. The van der Waals surface area contributed by atoms with Crippen LogP contribution in [-0.4, -0.2) is 25.8 Å². The lowest BCUT2D eigenvalue weighted by atomic mass is 9.47. The third-order valence-corrected chi connectivity index (χ3v) is 11.0. The molecular formula is C25H39F2IO2. The fraction of sp³-hybridized carbons (Fsp3) is 0.920. The van der Waals surface area contributed by atoms with Gasteiger partial charge in [-0.25, -0.2) is 8.78 Å². The summed E-state index contributed by atoms with van der Waals surface area (Å²) in [7, 11) is 0. The van der Waals surface area contributed by atoms with Gasteiger partial charge in [0.15, 0.2) is 0 Å². The van der Waals surface area contributed by atoms with Gasteiger partial charge in [0.05, 0.1) is 0 Å². The molecule has 0 aliphatic heterocycles. The van der Waals surface area contributed by atoms with E-state index in [4.69, 9.17) is 0 Å². The third-order valence-electron chi connectivity index (χ3n) is 10.1. The molecule has 0 spiro atoms. The van der Waals surface area contributed by atoms with Crippen LogP contribution in [0.15, 0.2) is 11.6 Å². The molecule has 0 heterocycles. The minimum absolute atomic E-state index is 0.0739. The fourth-order valence-electron chi connectivity index (χ4n) is 8.33. The summed E-state index contributed by atoms with van der Waals surface area (Å²) < 4.78 is 28.0. The first kappa shape index (κ1) is 23.4. The highest BCUT2D eigenvalue weighted by Gasteiger charge is 2.60. The second-order valence-electron chi connectivity index (χ2n) is 11.7. The van der Waals surface area contributed by atoms with Crippen molar-refractivity contribution in [2.24, 2.45) is 40.4 Å². The van der Waals surface area contributed by atoms with Crippen LogP contribution in [0.25, 0.3) is 0 Å². The van der Waals surface area contributed by atoms with Crippen molar-refractivity contribution in [3.63, 3.8) is 0 Å². The summed E-state index contributed by atoms with van der Waals surface area (Å²) in [4.78, 5) is 0. The lowest BCUT2D eigenvalue weighted by Gasteiger charge is -2.59. The molecule has 0 aromatic rings. The molecule has 172 valence electrons. The predicted molar refractivity (Wildman–Crippen MR) is 125 cm³/mol. The van der Waals surface area contributed by atoms with Gasteiger partial charge in [-0.1, -0.05) is 32.4 Å². The van der Waals surface area contributed by atoms with E-state index < -0.39 is 15.6 Å². The Morgan fingerprint density at radius 1 is 1.13 bits per heavy atom. The zero-order valence-corrected chi connectivity index (χ0v) is 21.1. The molecule has 9 atom stereocenters. The van der Waals surface area contributed by atoms with Crippen molar-refractivity contribution in [3.8, 4) is 0 Å². The van der Waals surface area contributed by atoms with E-state index in [0.29, 0.717) is 23.7 Å². The van der Waals surface area contributed by atoms with Gasteiger partial charge in [0.1, 0.15) is 9.71 Å². The Morgan fingerprint density at radius 3 is 2.50 bits per heavy atom. The quantitative estimate of drug-likeness (QED) is 0.238. The minimum Gasteiger partial charge on any atom is -0.387 e. The van der Waals surface area contributed by atoms with Gasteiger partial charge in [0.25, 0.3) is 5.92 Å². The van der Waals surface area contributed by atoms with Crippen LogP contribution in [-0.2, 0) is 0 Å². The summed E-state index contributed by atoms with van der Waals surface area (Å²) in [5, 5.41) is 20.1. The molecule has 0 saturated heterocycles. The van der Waals surface area contributed by atoms with Crippen LogP contribution >= 0.6 is 22.6 Å². The van der Waals surface area contributed by atoms with Crippen LogP contribution < -0.4 is 0 Å². The first-order valence-electron chi connectivity index (χ1n) is 12.0. The number of aliphatic hydroxyl groups excluding tert-OH is 1. The molecule has 3 fully saturated rings. The number of aliphatic hydroxyl groups is 2.